The van der Waals surface area contributed by atoms with Gasteiger partial charge in [-0.25, -0.2) is 4.79 Å². The molecule has 0 aliphatic carbocycles. The molecule has 2 N–H and O–H groups in total. The molecule has 0 bridgehead atoms. The van der Waals surface area contributed by atoms with Crippen molar-refractivity contribution in [2.24, 2.45) is 0 Å². The van der Waals surface area contributed by atoms with Gasteiger partial charge in [-0.15, -0.1) is 11.3 Å². The zero-order valence-corrected chi connectivity index (χ0v) is 18.0. The van der Waals surface area contributed by atoms with Crippen LogP contribution in [-0.4, -0.2) is 38.6 Å². The second kappa shape index (κ2) is 9.09. The highest BCUT2D eigenvalue weighted by molar-refractivity contribution is 7.09. The van der Waals surface area contributed by atoms with E-state index in [-0.39, 0.29) is 5.91 Å². The van der Waals surface area contributed by atoms with E-state index in [1.807, 2.05) is 53.9 Å². The van der Waals surface area contributed by atoms with E-state index < -0.39 is 17.7 Å². The average molecular weight is 424 g/mol. The molecule has 6 nitrogen and oxygen atoms in total. The van der Waals surface area contributed by atoms with Crippen LogP contribution in [0, 0.1) is 0 Å². The Morgan fingerprint density at radius 1 is 1.07 bits per heavy atom. The van der Waals surface area contributed by atoms with Crippen LogP contribution in [0.5, 0.6) is 0 Å². The van der Waals surface area contributed by atoms with Gasteiger partial charge in [0.25, 0.3) is 0 Å². The van der Waals surface area contributed by atoms with Gasteiger partial charge < -0.3 is 10.4 Å². The maximum atomic E-state index is 13.2. The SMILES string of the molecule is CC(C)(C)N(C(=O)O)[C@H](Cc1cccs1)C(=O)Nc1ccc(-c2ccncc2)cc1. The van der Waals surface area contributed by atoms with Crippen LogP contribution in [0.1, 0.15) is 25.6 Å². The monoisotopic (exact) mass is 423 g/mol. The topological polar surface area (TPSA) is 82.5 Å². The summed E-state index contributed by atoms with van der Waals surface area (Å²) in [5, 5.41) is 14.6. The normalized spacial score (nSPS) is 12.2. The zero-order valence-electron chi connectivity index (χ0n) is 17.2. The summed E-state index contributed by atoms with van der Waals surface area (Å²) < 4.78 is 0. The van der Waals surface area contributed by atoms with Gasteiger partial charge in [0.05, 0.1) is 0 Å². The fourth-order valence-corrected chi connectivity index (χ4v) is 4.07. The number of pyridine rings is 1. The van der Waals surface area contributed by atoms with Crippen LogP contribution in [0.15, 0.2) is 66.3 Å². The minimum Gasteiger partial charge on any atom is -0.465 e. The summed E-state index contributed by atoms with van der Waals surface area (Å²) >= 11 is 1.51. The van der Waals surface area contributed by atoms with E-state index in [0.717, 1.165) is 16.0 Å². The van der Waals surface area contributed by atoms with Crippen molar-refractivity contribution in [3.8, 4) is 11.1 Å². The molecule has 0 aliphatic heterocycles. The Bertz CT molecular complexity index is 981. The van der Waals surface area contributed by atoms with Crippen LogP contribution in [0.2, 0.25) is 0 Å². The number of rotatable bonds is 6. The Balaban J connectivity index is 1.83. The molecule has 2 amide bonds. The molecule has 1 atom stereocenters. The molecule has 2 heterocycles. The number of hydrogen-bond donors (Lipinski definition) is 2. The third kappa shape index (κ3) is 5.24. The Hall–Kier alpha value is -3.19. The lowest BCUT2D eigenvalue weighted by molar-refractivity contribution is -0.122. The number of carbonyl (C=O) groups excluding carboxylic acids is 1. The summed E-state index contributed by atoms with van der Waals surface area (Å²) in [4.78, 5) is 31.4. The number of benzene rings is 1. The van der Waals surface area contributed by atoms with Crippen molar-refractivity contribution < 1.29 is 14.7 Å². The van der Waals surface area contributed by atoms with Gasteiger partial charge in [-0.3, -0.25) is 14.7 Å². The Kier molecular flexibility index (Phi) is 6.52. The van der Waals surface area contributed by atoms with Gasteiger partial charge in [-0.05, 0) is 67.6 Å². The smallest absolute Gasteiger partial charge is 0.408 e. The van der Waals surface area contributed by atoms with Gasteiger partial charge in [0.1, 0.15) is 6.04 Å². The molecule has 30 heavy (non-hydrogen) atoms. The van der Waals surface area contributed by atoms with Crippen molar-refractivity contribution in [1.29, 1.82) is 0 Å². The van der Waals surface area contributed by atoms with Crippen molar-refractivity contribution in [2.45, 2.75) is 38.8 Å². The molecule has 0 spiro atoms. The van der Waals surface area contributed by atoms with Crippen LogP contribution in [0.4, 0.5) is 10.5 Å². The van der Waals surface area contributed by atoms with Crippen LogP contribution in [0.3, 0.4) is 0 Å². The Morgan fingerprint density at radius 3 is 2.23 bits per heavy atom. The largest absolute Gasteiger partial charge is 0.465 e. The minimum atomic E-state index is -1.12. The minimum absolute atomic E-state index is 0.322. The van der Waals surface area contributed by atoms with Crippen molar-refractivity contribution >= 4 is 29.0 Å². The molecule has 3 aromatic rings. The summed E-state index contributed by atoms with van der Waals surface area (Å²) in [6.07, 6.45) is 2.66. The van der Waals surface area contributed by atoms with E-state index in [1.54, 1.807) is 33.2 Å². The molecule has 7 heteroatoms. The van der Waals surface area contributed by atoms with Crippen molar-refractivity contribution in [3.05, 3.63) is 71.2 Å². The highest BCUT2D eigenvalue weighted by Gasteiger charge is 2.37. The maximum absolute atomic E-state index is 13.2. The number of anilines is 1. The standard InChI is InChI=1S/C23H25N3O3S/c1-23(2,3)26(22(28)29)20(15-19-5-4-14-30-19)21(27)25-18-8-6-16(7-9-18)17-10-12-24-13-11-17/h4-14,20H,15H2,1-3H3,(H,25,27)(H,28,29)/t20-/m1/s1. The Labute approximate surface area is 180 Å². The molecule has 1 aromatic carbocycles. The Morgan fingerprint density at radius 2 is 1.70 bits per heavy atom. The molecule has 0 unspecified atom stereocenters. The molecule has 0 saturated heterocycles. The average Bonchev–Trinajstić information content (AvgIpc) is 3.20. The fourth-order valence-electron chi connectivity index (χ4n) is 3.32. The summed E-state index contributed by atoms with van der Waals surface area (Å²) in [6, 6.07) is 14.3. The second-order valence-electron chi connectivity index (χ2n) is 7.93. The molecular weight excluding hydrogens is 398 g/mol. The molecule has 3 rings (SSSR count). The quantitative estimate of drug-likeness (QED) is 0.575. The van der Waals surface area contributed by atoms with Crippen molar-refractivity contribution in [2.75, 3.05) is 5.32 Å². The van der Waals surface area contributed by atoms with Crippen LogP contribution in [0.25, 0.3) is 11.1 Å². The van der Waals surface area contributed by atoms with Gasteiger partial charge in [0.15, 0.2) is 0 Å². The van der Waals surface area contributed by atoms with E-state index in [9.17, 15) is 14.7 Å². The number of hydrogen-bond acceptors (Lipinski definition) is 4. The third-order valence-electron chi connectivity index (χ3n) is 4.68. The van der Waals surface area contributed by atoms with Crippen LogP contribution in [-0.2, 0) is 11.2 Å². The van der Waals surface area contributed by atoms with Gasteiger partial charge in [-0.1, -0.05) is 18.2 Å². The van der Waals surface area contributed by atoms with E-state index in [2.05, 4.69) is 10.3 Å². The fraction of sp³-hybridized carbons (Fsp3) is 0.261. The second-order valence-corrected chi connectivity index (χ2v) is 8.96. The van der Waals surface area contributed by atoms with Gasteiger partial charge in [0, 0.05) is 34.9 Å². The van der Waals surface area contributed by atoms with Gasteiger partial charge in [-0.2, -0.15) is 0 Å². The predicted octanol–water partition coefficient (Wildman–Crippen LogP) is 5.14. The number of carbonyl (C=O) groups is 2. The first kappa shape index (κ1) is 21.5. The predicted molar refractivity (Wildman–Crippen MR) is 120 cm³/mol. The molecule has 0 fully saturated rings. The van der Waals surface area contributed by atoms with Crippen LogP contribution < -0.4 is 5.32 Å². The molecule has 0 saturated carbocycles. The number of nitrogens with zero attached hydrogens (tertiary/aromatic N) is 2. The van der Waals surface area contributed by atoms with Crippen molar-refractivity contribution in [1.82, 2.24) is 9.88 Å². The summed E-state index contributed by atoms with van der Waals surface area (Å²) in [5.74, 6) is -0.350. The number of thiophene rings is 1. The number of nitrogens with one attached hydrogen (secondary N) is 1. The first-order valence-electron chi connectivity index (χ1n) is 9.61. The molecule has 0 aliphatic rings. The number of carboxylic acid groups (broad SMARTS) is 1. The lowest BCUT2D eigenvalue weighted by atomic mass is 10.0. The highest BCUT2D eigenvalue weighted by atomic mass is 32.1. The van der Waals surface area contributed by atoms with Gasteiger partial charge in [0.2, 0.25) is 5.91 Å². The highest BCUT2D eigenvalue weighted by Crippen LogP contribution is 2.25. The van der Waals surface area contributed by atoms with E-state index >= 15 is 0 Å². The van der Waals surface area contributed by atoms with E-state index in [1.165, 1.54) is 16.2 Å². The van der Waals surface area contributed by atoms with Crippen molar-refractivity contribution in [3.63, 3.8) is 0 Å². The number of amides is 2. The lowest BCUT2D eigenvalue weighted by Gasteiger charge is -2.38. The van der Waals surface area contributed by atoms with E-state index in [4.69, 9.17) is 0 Å². The first-order chi connectivity index (χ1) is 14.3. The molecule has 0 radical (unpaired) electrons. The molecule has 156 valence electrons. The molecule has 2 aromatic heterocycles. The maximum Gasteiger partial charge on any atom is 0.408 e. The molecular formula is C23H25N3O3S. The zero-order chi connectivity index (χ0) is 21.7. The number of aromatic nitrogens is 1. The summed E-state index contributed by atoms with van der Waals surface area (Å²) in [5.41, 5.74) is 1.93. The summed E-state index contributed by atoms with van der Waals surface area (Å²) in [6.45, 7) is 5.37. The third-order valence-corrected chi connectivity index (χ3v) is 5.58. The van der Waals surface area contributed by atoms with Crippen LogP contribution >= 0.6 is 11.3 Å². The van der Waals surface area contributed by atoms with Gasteiger partial charge >= 0.3 is 6.09 Å². The summed E-state index contributed by atoms with van der Waals surface area (Å²) in [7, 11) is 0. The lowest BCUT2D eigenvalue weighted by Crippen LogP contribution is -2.56. The first-order valence-corrected chi connectivity index (χ1v) is 10.5. The van der Waals surface area contributed by atoms with E-state index in [0.29, 0.717) is 12.1 Å².